The minimum absolute atomic E-state index is 0.00363. The maximum Gasteiger partial charge on any atom is 0.336 e. The normalized spacial score (nSPS) is 11.6. The lowest BCUT2D eigenvalue weighted by atomic mass is 10.0. The number of phenolic OH excluding ortho intramolecular Hbond substituents is 1. The highest BCUT2D eigenvalue weighted by Crippen LogP contribution is 2.39. The van der Waals surface area contributed by atoms with Crippen molar-refractivity contribution in [2.75, 3.05) is 13.2 Å². The molecule has 0 aliphatic rings. The Hall–Kier alpha value is -6.61. The molecule has 0 saturated heterocycles. The molecule has 7 aromatic rings. The van der Waals surface area contributed by atoms with Crippen molar-refractivity contribution in [2.45, 2.75) is 51.4 Å². The lowest BCUT2D eigenvalue weighted by Gasteiger charge is -2.13. The smallest absolute Gasteiger partial charge is 0.336 e. The Bertz CT molecular complexity index is 2460. The molecular weight excluding hydrogens is 701 g/mol. The van der Waals surface area contributed by atoms with Gasteiger partial charge in [0.1, 0.15) is 28.5 Å². The lowest BCUT2D eigenvalue weighted by Crippen LogP contribution is -2.02. The van der Waals surface area contributed by atoms with E-state index in [9.17, 15) is 9.90 Å². The van der Waals surface area contributed by atoms with Gasteiger partial charge in [0, 0.05) is 29.1 Å². The Morgan fingerprint density at radius 3 is 1.75 bits per heavy atom. The van der Waals surface area contributed by atoms with Gasteiger partial charge in [-0.2, -0.15) is 15.3 Å². The number of rotatable bonds is 18. The topological polar surface area (TPSA) is 118 Å². The number of phenols is 1. The summed E-state index contributed by atoms with van der Waals surface area (Å²) in [5.41, 5.74) is 4.42. The summed E-state index contributed by atoms with van der Waals surface area (Å²) in [7, 11) is 0. The molecule has 0 spiro atoms. The van der Waals surface area contributed by atoms with E-state index in [2.05, 4.69) is 32.6 Å². The number of benzene rings is 6. The van der Waals surface area contributed by atoms with Gasteiger partial charge in [-0.1, -0.05) is 117 Å². The molecule has 1 heterocycles. The molecule has 282 valence electrons. The van der Waals surface area contributed by atoms with Crippen LogP contribution < -0.4 is 15.1 Å². The van der Waals surface area contributed by atoms with Crippen LogP contribution in [0.25, 0.3) is 32.9 Å². The quantitative estimate of drug-likeness (QED) is 0.0533. The van der Waals surface area contributed by atoms with Crippen molar-refractivity contribution < 1.29 is 19.0 Å². The third kappa shape index (κ3) is 10.1. The number of unbranched alkanes of at least 4 members (excludes halogenated alkanes) is 7. The second-order valence-electron chi connectivity index (χ2n) is 13.6. The number of hydrogen-bond acceptors (Lipinski definition) is 9. The molecule has 0 unspecified atom stereocenters. The zero-order valence-electron chi connectivity index (χ0n) is 31.2. The minimum atomic E-state index is -0.472. The second-order valence-corrected chi connectivity index (χ2v) is 13.6. The maximum atomic E-state index is 12.3. The average Bonchev–Trinajstić information content (AvgIpc) is 3.23. The molecule has 56 heavy (non-hydrogen) atoms. The molecule has 1 N–H and O–H groups in total. The van der Waals surface area contributed by atoms with E-state index in [1.54, 1.807) is 6.07 Å². The molecule has 6 aromatic carbocycles. The molecule has 0 atom stereocenters. The zero-order chi connectivity index (χ0) is 38.4. The fourth-order valence-corrected chi connectivity index (χ4v) is 6.60. The van der Waals surface area contributed by atoms with E-state index in [0.717, 1.165) is 89.7 Å². The molecule has 0 amide bonds. The maximum absolute atomic E-state index is 12.3. The standard InChI is InChI=1S/C47H44N4O5/c52-39-31-43(46-41(34-17-9-7-10-18-34)33-45(53)56-44(46)32-39)55-30-16-6-4-2-1-3-5-15-29-54-42-28-23-35-19-13-14-22-40(35)47(42)51-50-38-26-24-37(25-27-38)49-48-36-20-11-8-12-21-36/h7-14,17-28,31-33,52H,1-6,15-16,29-30H2. The van der Waals surface area contributed by atoms with Crippen molar-refractivity contribution in [1.29, 1.82) is 0 Å². The molecular formula is C47H44N4O5. The van der Waals surface area contributed by atoms with Crippen LogP contribution in [0.2, 0.25) is 0 Å². The van der Waals surface area contributed by atoms with Crippen LogP contribution in [0.3, 0.4) is 0 Å². The fourth-order valence-electron chi connectivity index (χ4n) is 6.60. The average molecular weight is 745 g/mol. The van der Waals surface area contributed by atoms with Crippen LogP contribution in [0, 0.1) is 0 Å². The van der Waals surface area contributed by atoms with E-state index in [0.29, 0.717) is 35.6 Å². The third-order valence-electron chi connectivity index (χ3n) is 9.45. The molecule has 0 saturated carbocycles. The Labute approximate surface area is 326 Å². The lowest BCUT2D eigenvalue weighted by molar-refractivity contribution is 0.302. The number of aromatic hydroxyl groups is 1. The van der Waals surface area contributed by atoms with Crippen molar-refractivity contribution in [2.24, 2.45) is 20.5 Å². The first kappa shape index (κ1) is 37.7. The van der Waals surface area contributed by atoms with Gasteiger partial charge >= 0.3 is 5.63 Å². The Kier molecular flexibility index (Phi) is 12.9. The van der Waals surface area contributed by atoms with E-state index in [1.165, 1.54) is 18.6 Å². The van der Waals surface area contributed by atoms with E-state index < -0.39 is 5.63 Å². The van der Waals surface area contributed by atoms with Gasteiger partial charge in [0.05, 0.1) is 35.7 Å². The van der Waals surface area contributed by atoms with Crippen LogP contribution in [0.5, 0.6) is 17.2 Å². The molecule has 0 aliphatic heterocycles. The van der Waals surface area contributed by atoms with Gasteiger partial charge in [-0.15, -0.1) is 5.11 Å². The number of azo groups is 2. The van der Waals surface area contributed by atoms with Crippen molar-refractivity contribution in [3.05, 3.63) is 150 Å². The number of hydrogen-bond donors (Lipinski definition) is 1. The second kappa shape index (κ2) is 19.1. The van der Waals surface area contributed by atoms with Crippen LogP contribution in [-0.2, 0) is 0 Å². The van der Waals surface area contributed by atoms with Gasteiger partial charge in [-0.3, -0.25) is 0 Å². The molecule has 0 fully saturated rings. The zero-order valence-corrected chi connectivity index (χ0v) is 31.2. The van der Waals surface area contributed by atoms with Gasteiger partial charge in [0.25, 0.3) is 0 Å². The van der Waals surface area contributed by atoms with Crippen molar-refractivity contribution in [3.63, 3.8) is 0 Å². The van der Waals surface area contributed by atoms with Gasteiger partial charge in [-0.05, 0) is 66.3 Å². The predicted octanol–water partition coefficient (Wildman–Crippen LogP) is 13.7. The van der Waals surface area contributed by atoms with Crippen molar-refractivity contribution in [1.82, 2.24) is 0 Å². The third-order valence-corrected chi connectivity index (χ3v) is 9.45. The van der Waals surface area contributed by atoms with Crippen LogP contribution in [-0.4, -0.2) is 18.3 Å². The van der Waals surface area contributed by atoms with E-state index >= 15 is 0 Å². The van der Waals surface area contributed by atoms with Crippen LogP contribution >= 0.6 is 0 Å². The summed E-state index contributed by atoms with van der Waals surface area (Å²) in [4.78, 5) is 12.3. The molecule has 0 bridgehead atoms. The van der Waals surface area contributed by atoms with E-state index in [-0.39, 0.29) is 5.75 Å². The number of nitrogens with zero attached hydrogens (tertiary/aromatic N) is 4. The Balaban J connectivity index is 0.839. The van der Waals surface area contributed by atoms with Gasteiger partial charge in [0.15, 0.2) is 0 Å². The summed E-state index contributed by atoms with van der Waals surface area (Å²) in [6, 6.07) is 43.5. The van der Waals surface area contributed by atoms with Gasteiger partial charge in [0.2, 0.25) is 0 Å². The molecule has 9 heteroatoms. The molecule has 9 nitrogen and oxygen atoms in total. The molecule has 0 aliphatic carbocycles. The van der Waals surface area contributed by atoms with Crippen LogP contribution in [0.1, 0.15) is 51.4 Å². The van der Waals surface area contributed by atoms with Gasteiger partial charge < -0.3 is 19.0 Å². The summed E-state index contributed by atoms with van der Waals surface area (Å²) < 4.78 is 17.8. The first-order valence-corrected chi connectivity index (χ1v) is 19.2. The summed E-state index contributed by atoms with van der Waals surface area (Å²) in [6.45, 7) is 1.12. The SMILES string of the molecule is O=c1cc(-c2ccccc2)c2c(OCCCCCCCCCCOc3ccc4ccccc4c3N=Nc3ccc(N=Nc4ccccc4)cc3)cc(O)cc2o1. The first-order valence-electron chi connectivity index (χ1n) is 19.2. The minimum Gasteiger partial charge on any atom is -0.508 e. The Morgan fingerprint density at radius 1 is 0.518 bits per heavy atom. The van der Waals surface area contributed by atoms with Crippen LogP contribution in [0.4, 0.5) is 22.7 Å². The Morgan fingerprint density at radius 2 is 1.07 bits per heavy atom. The highest BCUT2D eigenvalue weighted by Gasteiger charge is 2.15. The summed E-state index contributed by atoms with van der Waals surface area (Å²) >= 11 is 0. The van der Waals surface area contributed by atoms with Gasteiger partial charge in [-0.25, -0.2) is 4.79 Å². The highest BCUT2D eigenvalue weighted by atomic mass is 16.5. The van der Waals surface area contributed by atoms with E-state index in [1.807, 2.05) is 109 Å². The number of ether oxygens (including phenoxy) is 2. The predicted molar refractivity (Wildman–Crippen MR) is 223 cm³/mol. The fraction of sp³-hybridized carbons (Fsp3) is 0.213. The van der Waals surface area contributed by atoms with Crippen molar-refractivity contribution in [3.8, 4) is 28.4 Å². The molecule has 1 aromatic heterocycles. The van der Waals surface area contributed by atoms with E-state index in [4.69, 9.17) is 13.9 Å². The summed E-state index contributed by atoms with van der Waals surface area (Å²) in [6.07, 6.45) is 8.57. The summed E-state index contributed by atoms with van der Waals surface area (Å²) in [5.74, 6) is 1.23. The first-order chi connectivity index (χ1) is 27.6. The summed E-state index contributed by atoms with van der Waals surface area (Å²) in [5, 5.41) is 30.8. The van der Waals surface area contributed by atoms with Crippen molar-refractivity contribution >= 4 is 44.5 Å². The number of fused-ring (bicyclic) bond motifs is 2. The monoisotopic (exact) mass is 744 g/mol. The van der Waals surface area contributed by atoms with Crippen LogP contribution in [0.15, 0.2) is 169 Å². The highest BCUT2D eigenvalue weighted by molar-refractivity contribution is 5.98. The largest absolute Gasteiger partial charge is 0.508 e. The molecule has 0 radical (unpaired) electrons. The molecule has 7 rings (SSSR count).